The van der Waals surface area contributed by atoms with Gasteiger partial charge in [0.15, 0.2) is 6.10 Å². The zero-order chi connectivity index (χ0) is 17.0. The van der Waals surface area contributed by atoms with Gasteiger partial charge < -0.3 is 10.1 Å². The largest absolute Gasteiger partial charge is 0.481 e. The number of anilines is 1. The van der Waals surface area contributed by atoms with Gasteiger partial charge >= 0.3 is 0 Å². The fourth-order valence-electron chi connectivity index (χ4n) is 2.31. The first-order valence-corrected chi connectivity index (χ1v) is 8.02. The Morgan fingerprint density at radius 2 is 1.65 bits per heavy atom. The van der Waals surface area contributed by atoms with Gasteiger partial charge in [-0.15, -0.1) is 0 Å². The van der Waals surface area contributed by atoms with E-state index in [0.717, 1.165) is 16.8 Å². The van der Waals surface area contributed by atoms with Crippen molar-refractivity contribution in [2.75, 3.05) is 5.32 Å². The molecule has 122 valence electrons. The van der Waals surface area contributed by atoms with Crippen LogP contribution in [0.15, 0.2) is 42.5 Å². The molecule has 1 amide bonds. The highest BCUT2D eigenvalue weighted by Gasteiger charge is 2.16. The summed E-state index contributed by atoms with van der Waals surface area (Å²) in [5, 5.41) is 2.94. The molecule has 2 aromatic carbocycles. The van der Waals surface area contributed by atoms with Crippen LogP contribution in [0.1, 0.15) is 43.4 Å². The number of amides is 1. The Balaban J connectivity index is 2.01. The fraction of sp³-hybridized carbons (Fsp3) is 0.350. The van der Waals surface area contributed by atoms with Crippen LogP contribution in [0.4, 0.5) is 5.69 Å². The van der Waals surface area contributed by atoms with Crippen molar-refractivity contribution in [3.05, 3.63) is 59.2 Å². The molecule has 2 aromatic rings. The van der Waals surface area contributed by atoms with E-state index in [4.69, 9.17) is 4.74 Å². The SMILES string of the molecule is Cc1cccc(NC(=O)[C@H](C)Oc2ccc(C(C)C)cc2)c1C. The molecule has 3 nitrogen and oxygen atoms in total. The van der Waals surface area contributed by atoms with Crippen molar-refractivity contribution in [1.29, 1.82) is 0 Å². The van der Waals surface area contributed by atoms with Crippen molar-refractivity contribution >= 4 is 11.6 Å². The number of aryl methyl sites for hydroxylation is 1. The van der Waals surface area contributed by atoms with Crippen LogP contribution < -0.4 is 10.1 Å². The quantitative estimate of drug-likeness (QED) is 0.858. The minimum atomic E-state index is -0.556. The predicted molar refractivity (Wildman–Crippen MR) is 95.2 cm³/mol. The highest BCUT2D eigenvalue weighted by atomic mass is 16.5. The zero-order valence-electron chi connectivity index (χ0n) is 14.5. The van der Waals surface area contributed by atoms with Crippen molar-refractivity contribution in [2.45, 2.75) is 46.6 Å². The van der Waals surface area contributed by atoms with Crippen molar-refractivity contribution in [3.8, 4) is 5.75 Å². The van der Waals surface area contributed by atoms with Gasteiger partial charge in [0.05, 0.1) is 0 Å². The summed E-state index contributed by atoms with van der Waals surface area (Å²) in [4.78, 5) is 12.3. The molecule has 1 atom stereocenters. The van der Waals surface area contributed by atoms with E-state index in [9.17, 15) is 4.79 Å². The number of nitrogens with one attached hydrogen (secondary N) is 1. The first kappa shape index (κ1) is 17.1. The summed E-state index contributed by atoms with van der Waals surface area (Å²) in [6.07, 6.45) is -0.556. The Morgan fingerprint density at radius 1 is 1.00 bits per heavy atom. The van der Waals surface area contributed by atoms with Gasteiger partial charge in [-0.05, 0) is 61.6 Å². The average molecular weight is 311 g/mol. The van der Waals surface area contributed by atoms with Crippen LogP contribution in [-0.2, 0) is 4.79 Å². The second-order valence-electron chi connectivity index (χ2n) is 6.22. The van der Waals surface area contributed by atoms with Crippen LogP contribution in [0.5, 0.6) is 5.75 Å². The topological polar surface area (TPSA) is 38.3 Å². The van der Waals surface area contributed by atoms with E-state index in [1.165, 1.54) is 5.56 Å². The third-order valence-corrected chi connectivity index (χ3v) is 4.09. The Bertz CT molecular complexity index is 675. The maximum absolute atomic E-state index is 12.3. The third kappa shape index (κ3) is 4.35. The molecule has 2 rings (SSSR count). The van der Waals surface area contributed by atoms with Crippen molar-refractivity contribution in [3.63, 3.8) is 0 Å². The summed E-state index contributed by atoms with van der Waals surface area (Å²) in [7, 11) is 0. The van der Waals surface area contributed by atoms with E-state index >= 15 is 0 Å². The van der Waals surface area contributed by atoms with Crippen molar-refractivity contribution in [2.24, 2.45) is 0 Å². The summed E-state index contributed by atoms with van der Waals surface area (Å²) < 4.78 is 5.74. The van der Waals surface area contributed by atoms with Crippen LogP contribution in [0.25, 0.3) is 0 Å². The average Bonchev–Trinajstić information content (AvgIpc) is 2.52. The van der Waals surface area contributed by atoms with Crippen LogP contribution >= 0.6 is 0 Å². The molecule has 23 heavy (non-hydrogen) atoms. The van der Waals surface area contributed by atoms with E-state index < -0.39 is 6.10 Å². The van der Waals surface area contributed by atoms with Gasteiger partial charge in [-0.1, -0.05) is 38.1 Å². The molecule has 0 aliphatic carbocycles. The lowest BCUT2D eigenvalue weighted by Gasteiger charge is -2.17. The molecule has 0 aliphatic heterocycles. The van der Waals surface area contributed by atoms with Crippen LogP contribution in [-0.4, -0.2) is 12.0 Å². The first-order valence-electron chi connectivity index (χ1n) is 8.02. The van der Waals surface area contributed by atoms with E-state index in [1.807, 2.05) is 56.3 Å². The Morgan fingerprint density at radius 3 is 2.26 bits per heavy atom. The van der Waals surface area contributed by atoms with Gasteiger partial charge in [0, 0.05) is 5.69 Å². The molecule has 0 saturated heterocycles. The molecular formula is C20H25NO2. The molecule has 0 radical (unpaired) electrons. The summed E-state index contributed by atoms with van der Waals surface area (Å²) in [5.41, 5.74) is 4.32. The second-order valence-corrected chi connectivity index (χ2v) is 6.22. The summed E-state index contributed by atoms with van der Waals surface area (Å²) in [5.74, 6) is 1.04. The zero-order valence-corrected chi connectivity index (χ0v) is 14.5. The number of benzene rings is 2. The lowest BCUT2D eigenvalue weighted by atomic mass is 10.0. The number of hydrogen-bond acceptors (Lipinski definition) is 2. The number of hydrogen-bond donors (Lipinski definition) is 1. The molecule has 0 bridgehead atoms. The minimum absolute atomic E-state index is 0.147. The van der Waals surface area contributed by atoms with Gasteiger partial charge in [0.1, 0.15) is 5.75 Å². The van der Waals surface area contributed by atoms with Gasteiger partial charge in [0.2, 0.25) is 0 Å². The number of carbonyl (C=O) groups is 1. The minimum Gasteiger partial charge on any atom is -0.481 e. The monoisotopic (exact) mass is 311 g/mol. The molecule has 3 heteroatoms. The normalized spacial score (nSPS) is 12.1. The van der Waals surface area contributed by atoms with Gasteiger partial charge in [-0.25, -0.2) is 0 Å². The van der Waals surface area contributed by atoms with Crippen molar-refractivity contribution in [1.82, 2.24) is 0 Å². The molecule has 0 heterocycles. The summed E-state index contributed by atoms with van der Waals surface area (Å²) in [6, 6.07) is 13.8. The highest BCUT2D eigenvalue weighted by molar-refractivity contribution is 5.94. The number of rotatable bonds is 5. The Labute approximate surface area is 138 Å². The maximum atomic E-state index is 12.3. The highest BCUT2D eigenvalue weighted by Crippen LogP contribution is 2.21. The Hall–Kier alpha value is -2.29. The van der Waals surface area contributed by atoms with E-state index in [2.05, 4.69) is 19.2 Å². The lowest BCUT2D eigenvalue weighted by Crippen LogP contribution is -2.30. The second kappa shape index (κ2) is 7.32. The van der Waals surface area contributed by atoms with Crippen LogP contribution in [0, 0.1) is 13.8 Å². The van der Waals surface area contributed by atoms with Crippen LogP contribution in [0.3, 0.4) is 0 Å². The lowest BCUT2D eigenvalue weighted by molar-refractivity contribution is -0.122. The maximum Gasteiger partial charge on any atom is 0.265 e. The molecule has 0 spiro atoms. The smallest absolute Gasteiger partial charge is 0.265 e. The standard InChI is InChI=1S/C20H25NO2/c1-13(2)17-9-11-18(12-10-17)23-16(5)20(22)21-19-8-6-7-14(3)15(19)4/h6-13,16H,1-5H3,(H,21,22)/t16-/m0/s1. The molecule has 0 unspecified atom stereocenters. The molecule has 1 N–H and O–H groups in total. The number of ether oxygens (including phenoxy) is 1. The molecule has 0 aromatic heterocycles. The summed E-state index contributed by atoms with van der Waals surface area (Å²) in [6.45, 7) is 10.1. The Kier molecular flexibility index (Phi) is 5.43. The van der Waals surface area contributed by atoms with Gasteiger partial charge in [-0.3, -0.25) is 4.79 Å². The summed E-state index contributed by atoms with van der Waals surface area (Å²) >= 11 is 0. The predicted octanol–water partition coefficient (Wildman–Crippen LogP) is 4.83. The fourth-order valence-corrected chi connectivity index (χ4v) is 2.31. The van der Waals surface area contributed by atoms with Gasteiger partial charge in [-0.2, -0.15) is 0 Å². The molecule has 0 saturated carbocycles. The molecular weight excluding hydrogens is 286 g/mol. The molecule has 0 aliphatic rings. The van der Waals surface area contributed by atoms with E-state index in [0.29, 0.717) is 11.7 Å². The first-order chi connectivity index (χ1) is 10.9. The van der Waals surface area contributed by atoms with Gasteiger partial charge in [0.25, 0.3) is 5.91 Å². The van der Waals surface area contributed by atoms with Crippen LogP contribution in [0.2, 0.25) is 0 Å². The van der Waals surface area contributed by atoms with E-state index in [-0.39, 0.29) is 5.91 Å². The van der Waals surface area contributed by atoms with E-state index in [1.54, 1.807) is 6.92 Å². The molecule has 0 fully saturated rings. The third-order valence-electron chi connectivity index (χ3n) is 4.09. The number of carbonyl (C=O) groups excluding carboxylic acids is 1. The van der Waals surface area contributed by atoms with Crippen molar-refractivity contribution < 1.29 is 9.53 Å².